The summed E-state index contributed by atoms with van der Waals surface area (Å²) >= 11 is 0. The second kappa shape index (κ2) is 9.68. The average Bonchev–Trinajstić information content (AvgIpc) is 2.02. The minimum atomic E-state index is -0.264. The topological polar surface area (TPSA) is 52.6 Å². The highest BCUT2D eigenvalue weighted by Crippen LogP contribution is 1.73. The van der Waals surface area contributed by atoms with Gasteiger partial charge in [0.05, 0.1) is 7.11 Å². The number of esters is 2. The first kappa shape index (κ1) is 13.3. The molecule has 0 N–H and O–H groups in total. The van der Waals surface area contributed by atoms with E-state index in [0.29, 0.717) is 6.61 Å². The van der Waals surface area contributed by atoms with Crippen LogP contribution in [-0.4, -0.2) is 25.7 Å². The van der Waals surface area contributed by atoms with Gasteiger partial charge in [-0.3, -0.25) is 9.59 Å². The zero-order valence-corrected chi connectivity index (χ0v) is 7.62. The fourth-order valence-corrected chi connectivity index (χ4v) is 0.176. The molecule has 0 aliphatic carbocycles. The molecule has 0 bridgehead atoms. The van der Waals surface area contributed by atoms with E-state index in [0.717, 1.165) is 0 Å². The number of hydrogen-bond acceptors (Lipinski definition) is 4. The van der Waals surface area contributed by atoms with E-state index in [9.17, 15) is 9.59 Å². The minimum Gasteiger partial charge on any atom is -0.469 e. The van der Waals surface area contributed by atoms with Crippen molar-refractivity contribution >= 4 is 11.9 Å². The average molecular weight is 174 g/mol. The van der Waals surface area contributed by atoms with Crippen molar-refractivity contribution in [3.05, 3.63) is 12.7 Å². The van der Waals surface area contributed by atoms with Crippen LogP contribution in [0.15, 0.2) is 12.7 Å². The summed E-state index contributed by atoms with van der Waals surface area (Å²) in [4.78, 5) is 19.5. The van der Waals surface area contributed by atoms with E-state index >= 15 is 0 Å². The van der Waals surface area contributed by atoms with Gasteiger partial charge in [-0.05, 0) is 0 Å². The molecule has 0 aromatic carbocycles. The fraction of sp³-hybridized carbons (Fsp3) is 0.500. The van der Waals surface area contributed by atoms with Gasteiger partial charge in [0, 0.05) is 13.8 Å². The standard InChI is InChI=1S/C5H8O2.C3H6O2/c1-3-4-7-5(2)6;1-3(4)5-2/h3H,1,4H2,2H3;1-2H3. The van der Waals surface area contributed by atoms with E-state index in [1.165, 1.54) is 27.0 Å². The summed E-state index contributed by atoms with van der Waals surface area (Å²) in [5.41, 5.74) is 0. The first-order chi connectivity index (χ1) is 5.54. The van der Waals surface area contributed by atoms with Gasteiger partial charge in [0.25, 0.3) is 0 Å². The lowest BCUT2D eigenvalue weighted by atomic mass is 10.7. The van der Waals surface area contributed by atoms with Crippen molar-refractivity contribution in [1.29, 1.82) is 0 Å². The summed E-state index contributed by atoms with van der Waals surface area (Å²) in [6.07, 6.45) is 1.53. The lowest BCUT2D eigenvalue weighted by Gasteiger charge is -1.90. The van der Waals surface area contributed by atoms with Crippen molar-refractivity contribution in [3.8, 4) is 0 Å². The fourth-order valence-electron chi connectivity index (χ4n) is 0.176. The van der Waals surface area contributed by atoms with Gasteiger partial charge in [-0.25, -0.2) is 0 Å². The number of carbonyl (C=O) groups is 2. The van der Waals surface area contributed by atoms with Gasteiger partial charge >= 0.3 is 11.9 Å². The Morgan fingerprint density at radius 2 is 1.75 bits per heavy atom. The maximum Gasteiger partial charge on any atom is 0.302 e. The molecule has 0 heterocycles. The minimum absolute atomic E-state index is 0.245. The van der Waals surface area contributed by atoms with E-state index in [-0.39, 0.29) is 11.9 Å². The van der Waals surface area contributed by atoms with Crippen LogP contribution in [-0.2, 0) is 19.1 Å². The van der Waals surface area contributed by atoms with Gasteiger partial charge < -0.3 is 9.47 Å². The smallest absolute Gasteiger partial charge is 0.302 e. The van der Waals surface area contributed by atoms with Crippen LogP contribution in [0, 0.1) is 0 Å². The van der Waals surface area contributed by atoms with Crippen LogP contribution in [0.25, 0.3) is 0 Å². The molecule has 0 aliphatic rings. The SMILES string of the molecule is C=CCOC(C)=O.COC(C)=O. The van der Waals surface area contributed by atoms with Crippen molar-refractivity contribution < 1.29 is 19.1 Å². The second-order valence-electron chi connectivity index (χ2n) is 1.79. The summed E-state index contributed by atoms with van der Waals surface area (Å²) in [6, 6.07) is 0. The summed E-state index contributed by atoms with van der Waals surface area (Å²) in [7, 11) is 1.35. The maximum atomic E-state index is 9.93. The van der Waals surface area contributed by atoms with Crippen molar-refractivity contribution in [2.45, 2.75) is 13.8 Å². The molecule has 0 aromatic heterocycles. The molecule has 70 valence electrons. The third kappa shape index (κ3) is 23.4. The van der Waals surface area contributed by atoms with E-state index < -0.39 is 0 Å². The Hall–Kier alpha value is -1.32. The molecule has 0 aliphatic heterocycles. The zero-order valence-electron chi connectivity index (χ0n) is 7.62. The molecular weight excluding hydrogens is 160 g/mol. The molecule has 0 saturated heterocycles. The van der Waals surface area contributed by atoms with Crippen molar-refractivity contribution in [2.24, 2.45) is 0 Å². The normalized spacial score (nSPS) is 7.25. The Bertz CT molecular complexity index is 151. The van der Waals surface area contributed by atoms with Gasteiger partial charge in [0.15, 0.2) is 0 Å². The Morgan fingerprint density at radius 1 is 1.33 bits per heavy atom. The van der Waals surface area contributed by atoms with Crippen molar-refractivity contribution in [3.63, 3.8) is 0 Å². The number of carbonyl (C=O) groups excluding carboxylic acids is 2. The number of hydrogen-bond donors (Lipinski definition) is 0. The molecule has 0 rings (SSSR count). The van der Waals surface area contributed by atoms with E-state index in [1.54, 1.807) is 0 Å². The summed E-state index contributed by atoms with van der Waals surface area (Å²) in [5, 5.41) is 0. The quantitative estimate of drug-likeness (QED) is 0.461. The Balaban J connectivity index is 0. The van der Waals surface area contributed by atoms with Crippen LogP contribution < -0.4 is 0 Å². The predicted molar refractivity (Wildman–Crippen MR) is 44.5 cm³/mol. The molecule has 0 aromatic rings. The third-order valence-corrected chi connectivity index (χ3v) is 0.692. The zero-order chi connectivity index (χ0) is 9.98. The molecule has 0 radical (unpaired) electrons. The summed E-state index contributed by atoms with van der Waals surface area (Å²) in [5.74, 6) is -0.509. The van der Waals surface area contributed by atoms with Crippen LogP contribution in [0.1, 0.15) is 13.8 Å². The highest BCUT2D eigenvalue weighted by Gasteiger charge is 1.83. The molecule has 4 heteroatoms. The Labute approximate surface area is 72.2 Å². The van der Waals surface area contributed by atoms with Crippen LogP contribution in [0.5, 0.6) is 0 Å². The number of ether oxygens (including phenoxy) is 2. The summed E-state index contributed by atoms with van der Waals surface area (Å²) < 4.78 is 8.55. The molecule has 0 saturated carbocycles. The predicted octanol–water partition coefficient (Wildman–Crippen LogP) is 0.915. The van der Waals surface area contributed by atoms with Crippen LogP contribution in [0.4, 0.5) is 0 Å². The van der Waals surface area contributed by atoms with E-state index in [1.807, 2.05) is 0 Å². The molecule has 0 amide bonds. The lowest BCUT2D eigenvalue weighted by Crippen LogP contribution is -1.96. The molecule has 0 fully saturated rings. The van der Waals surface area contributed by atoms with Crippen molar-refractivity contribution in [1.82, 2.24) is 0 Å². The Morgan fingerprint density at radius 3 is 1.83 bits per heavy atom. The summed E-state index contributed by atoms with van der Waals surface area (Å²) in [6.45, 7) is 6.40. The highest BCUT2D eigenvalue weighted by molar-refractivity contribution is 5.66. The highest BCUT2D eigenvalue weighted by atomic mass is 16.5. The molecule has 0 atom stereocenters. The first-order valence-electron chi connectivity index (χ1n) is 3.33. The van der Waals surface area contributed by atoms with Gasteiger partial charge in [0.1, 0.15) is 6.61 Å². The van der Waals surface area contributed by atoms with E-state index in [2.05, 4.69) is 16.1 Å². The molecule has 12 heavy (non-hydrogen) atoms. The van der Waals surface area contributed by atoms with E-state index in [4.69, 9.17) is 0 Å². The molecule has 0 spiro atoms. The van der Waals surface area contributed by atoms with Crippen LogP contribution in [0.2, 0.25) is 0 Å². The lowest BCUT2D eigenvalue weighted by molar-refractivity contribution is -0.140. The maximum absolute atomic E-state index is 9.93. The van der Waals surface area contributed by atoms with Gasteiger partial charge in [-0.15, -0.1) is 0 Å². The first-order valence-corrected chi connectivity index (χ1v) is 3.33. The second-order valence-corrected chi connectivity index (χ2v) is 1.79. The van der Waals surface area contributed by atoms with Crippen molar-refractivity contribution in [2.75, 3.05) is 13.7 Å². The third-order valence-electron chi connectivity index (χ3n) is 0.692. The van der Waals surface area contributed by atoms with Crippen LogP contribution in [0.3, 0.4) is 0 Å². The molecule has 0 unspecified atom stereocenters. The van der Waals surface area contributed by atoms with Crippen LogP contribution >= 0.6 is 0 Å². The van der Waals surface area contributed by atoms with Gasteiger partial charge in [0.2, 0.25) is 0 Å². The number of methoxy groups -OCH3 is 1. The largest absolute Gasteiger partial charge is 0.469 e. The molecular formula is C8H14O4. The Kier molecular flexibility index (Phi) is 10.7. The monoisotopic (exact) mass is 174 g/mol. The van der Waals surface area contributed by atoms with Gasteiger partial charge in [-0.2, -0.15) is 0 Å². The van der Waals surface area contributed by atoms with Gasteiger partial charge in [-0.1, -0.05) is 12.7 Å². The number of rotatable bonds is 2. The molecule has 4 nitrogen and oxygen atoms in total.